The number of nitrogens with zero attached hydrogens (tertiary/aromatic N) is 3. The zero-order valence-electron chi connectivity index (χ0n) is 15.0. The number of ether oxygens (including phenoxy) is 2. The molecule has 25 heavy (non-hydrogen) atoms. The Hall–Kier alpha value is -2.34. The van der Waals surface area contributed by atoms with Crippen LogP contribution in [0.2, 0.25) is 0 Å². The number of hydrogen-bond acceptors (Lipinski definition) is 6. The first-order valence-corrected chi connectivity index (χ1v) is 8.87. The average molecular weight is 342 g/mol. The number of morpholine rings is 1. The Morgan fingerprint density at radius 2 is 2.04 bits per heavy atom. The molecule has 6 nitrogen and oxygen atoms in total. The third-order valence-electron chi connectivity index (χ3n) is 4.23. The molecule has 1 fully saturated rings. The fourth-order valence-electron chi connectivity index (χ4n) is 2.77. The minimum absolute atomic E-state index is 0.722. The van der Waals surface area contributed by atoms with Gasteiger partial charge in [0.25, 0.3) is 0 Å². The lowest BCUT2D eigenvalue weighted by Gasteiger charge is -2.27. The van der Waals surface area contributed by atoms with Crippen molar-refractivity contribution in [2.45, 2.75) is 26.8 Å². The first-order chi connectivity index (χ1) is 12.3. The topological polar surface area (TPSA) is 59.5 Å². The Labute approximate surface area is 149 Å². The molecule has 0 atom stereocenters. The molecule has 1 aromatic heterocycles. The molecule has 2 aromatic rings. The van der Waals surface area contributed by atoms with E-state index in [1.807, 2.05) is 12.1 Å². The van der Waals surface area contributed by atoms with E-state index in [1.54, 1.807) is 6.33 Å². The molecule has 0 amide bonds. The predicted octanol–water partition coefficient (Wildman–Crippen LogP) is 3.02. The molecule has 0 aliphatic carbocycles. The molecular formula is C19H26N4O2. The molecule has 0 spiro atoms. The van der Waals surface area contributed by atoms with Crippen LogP contribution in [-0.2, 0) is 11.3 Å². The van der Waals surface area contributed by atoms with Crippen molar-refractivity contribution >= 4 is 11.6 Å². The Bertz CT molecular complexity index is 687. The summed E-state index contributed by atoms with van der Waals surface area (Å²) in [6, 6.07) is 8.22. The molecule has 3 rings (SSSR count). The zero-order chi connectivity index (χ0) is 17.5. The van der Waals surface area contributed by atoms with Gasteiger partial charge >= 0.3 is 0 Å². The van der Waals surface area contributed by atoms with Crippen LogP contribution in [0, 0.1) is 6.92 Å². The first kappa shape index (κ1) is 17.5. The van der Waals surface area contributed by atoms with Gasteiger partial charge in [-0.2, -0.15) is 0 Å². The van der Waals surface area contributed by atoms with Crippen LogP contribution in [0.3, 0.4) is 0 Å². The van der Waals surface area contributed by atoms with Gasteiger partial charge in [0, 0.05) is 25.7 Å². The van der Waals surface area contributed by atoms with Gasteiger partial charge in [-0.3, -0.25) is 0 Å². The second kappa shape index (κ2) is 8.67. The Kier molecular flexibility index (Phi) is 6.06. The smallest absolute Gasteiger partial charge is 0.134 e. The summed E-state index contributed by atoms with van der Waals surface area (Å²) in [7, 11) is 0. The SMILES string of the molecule is CCCOc1ccc(CNc2cc(N3CCOCC3)ncn2)c(C)c1. The molecular weight excluding hydrogens is 316 g/mol. The molecule has 134 valence electrons. The quantitative estimate of drug-likeness (QED) is 0.835. The highest BCUT2D eigenvalue weighted by molar-refractivity contribution is 5.49. The summed E-state index contributed by atoms with van der Waals surface area (Å²) in [6.07, 6.45) is 2.63. The van der Waals surface area contributed by atoms with E-state index >= 15 is 0 Å². The van der Waals surface area contributed by atoms with E-state index in [0.717, 1.165) is 63.3 Å². The van der Waals surface area contributed by atoms with Crippen LogP contribution in [0.4, 0.5) is 11.6 Å². The molecule has 2 heterocycles. The summed E-state index contributed by atoms with van der Waals surface area (Å²) in [5.74, 6) is 2.71. The fourth-order valence-corrected chi connectivity index (χ4v) is 2.77. The Balaban J connectivity index is 1.61. The van der Waals surface area contributed by atoms with Crippen molar-refractivity contribution in [3.8, 4) is 5.75 Å². The van der Waals surface area contributed by atoms with Crippen molar-refractivity contribution in [1.82, 2.24) is 9.97 Å². The molecule has 1 N–H and O–H groups in total. The van der Waals surface area contributed by atoms with E-state index in [1.165, 1.54) is 11.1 Å². The zero-order valence-corrected chi connectivity index (χ0v) is 15.0. The van der Waals surface area contributed by atoms with Crippen LogP contribution in [0.25, 0.3) is 0 Å². The molecule has 1 saturated heterocycles. The number of hydrogen-bond donors (Lipinski definition) is 1. The van der Waals surface area contributed by atoms with Gasteiger partial charge in [0.05, 0.1) is 19.8 Å². The lowest BCUT2D eigenvalue weighted by molar-refractivity contribution is 0.122. The molecule has 1 aromatic carbocycles. The minimum Gasteiger partial charge on any atom is -0.494 e. The molecule has 0 radical (unpaired) electrons. The number of rotatable bonds is 7. The summed E-state index contributed by atoms with van der Waals surface area (Å²) in [5, 5.41) is 3.39. The monoisotopic (exact) mass is 342 g/mol. The van der Waals surface area contributed by atoms with Gasteiger partial charge in [0.15, 0.2) is 0 Å². The maximum absolute atomic E-state index is 5.68. The van der Waals surface area contributed by atoms with E-state index in [9.17, 15) is 0 Å². The molecule has 6 heteroatoms. The van der Waals surface area contributed by atoms with E-state index < -0.39 is 0 Å². The van der Waals surface area contributed by atoms with Crippen LogP contribution in [0.1, 0.15) is 24.5 Å². The van der Waals surface area contributed by atoms with Crippen molar-refractivity contribution in [2.24, 2.45) is 0 Å². The van der Waals surface area contributed by atoms with E-state index in [0.29, 0.717) is 0 Å². The minimum atomic E-state index is 0.722. The largest absolute Gasteiger partial charge is 0.494 e. The van der Waals surface area contributed by atoms with E-state index in [4.69, 9.17) is 9.47 Å². The summed E-state index contributed by atoms with van der Waals surface area (Å²) in [5.41, 5.74) is 2.44. The van der Waals surface area contributed by atoms with E-state index in [-0.39, 0.29) is 0 Å². The molecule has 1 aliphatic rings. The Morgan fingerprint density at radius 1 is 1.20 bits per heavy atom. The van der Waals surface area contributed by atoms with Crippen LogP contribution in [0.5, 0.6) is 5.75 Å². The highest BCUT2D eigenvalue weighted by atomic mass is 16.5. The van der Waals surface area contributed by atoms with Crippen LogP contribution < -0.4 is 15.0 Å². The number of nitrogens with one attached hydrogen (secondary N) is 1. The third-order valence-corrected chi connectivity index (χ3v) is 4.23. The van der Waals surface area contributed by atoms with Gasteiger partial charge in [0.1, 0.15) is 23.7 Å². The average Bonchev–Trinajstić information content (AvgIpc) is 2.66. The standard InChI is InChI=1S/C19H26N4O2/c1-3-8-25-17-5-4-16(15(2)11-17)13-20-18-12-19(22-14-21-18)23-6-9-24-10-7-23/h4-5,11-12,14H,3,6-10,13H2,1-2H3,(H,20,21,22). The summed E-state index contributed by atoms with van der Waals surface area (Å²) in [4.78, 5) is 10.9. The van der Waals surface area contributed by atoms with Gasteiger partial charge < -0.3 is 19.7 Å². The summed E-state index contributed by atoms with van der Waals surface area (Å²) in [6.45, 7) is 8.93. The number of aromatic nitrogens is 2. The van der Waals surface area contributed by atoms with Crippen molar-refractivity contribution in [3.63, 3.8) is 0 Å². The summed E-state index contributed by atoms with van der Waals surface area (Å²) >= 11 is 0. The van der Waals surface area contributed by atoms with Crippen molar-refractivity contribution in [3.05, 3.63) is 41.7 Å². The number of aryl methyl sites for hydroxylation is 1. The number of benzene rings is 1. The Morgan fingerprint density at radius 3 is 2.80 bits per heavy atom. The van der Waals surface area contributed by atoms with Crippen LogP contribution in [-0.4, -0.2) is 42.9 Å². The molecule has 0 unspecified atom stereocenters. The summed E-state index contributed by atoms with van der Waals surface area (Å²) < 4.78 is 11.1. The first-order valence-electron chi connectivity index (χ1n) is 8.87. The highest BCUT2D eigenvalue weighted by Crippen LogP contribution is 2.20. The lowest BCUT2D eigenvalue weighted by atomic mass is 10.1. The van der Waals surface area contributed by atoms with Crippen LogP contribution in [0.15, 0.2) is 30.6 Å². The predicted molar refractivity (Wildman–Crippen MR) is 99.4 cm³/mol. The second-order valence-electron chi connectivity index (χ2n) is 6.15. The fraction of sp³-hybridized carbons (Fsp3) is 0.474. The second-order valence-corrected chi connectivity index (χ2v) is 6.15. The number of anilines is 2. The van der Waals surface area contributed by atoms with Crippen LogP contribution >= 0.6 is 0 Å². The molecule has 0 bridgehead atoms. The maximum atomic E-state index is 5.68. The third kappa shape index (κ3) is 4.82. The maximum Gasteiger partial charge on any atom is 0.134 e. The van der Waals surface area contributed by atoms with Gasteiger partial charge in [-0.15, -0.1) is 0 Å². The van der Waals surface area contributed by atoms with Crippen molar-refractivity contribution in [2.75, 3.05) is 43.1 Å². The van der Waals surface area contributed by atoms with Gasteiger partial charge in [-0.1, -0.05) is 13.0 Å². The van der Waals surface area contributed by atoms with Gasteiger partial charge in [-0.05, 0) is 36.6 Å². The normalized spacial score (nSPS) is 14.4. The highest BCUT2D eigenvalue weighted by Gasteiger charge is 2.13. The van der Waals surface area contributed by atoms with Gasteiger partial charge in [-0.25, -0.2) is 9.97 Å². The van der Waals surface area contributed by atoms with Gasteiger partial charge in [0.2, 0.25) is 0 Å². The lowest BCUT2D eigenvalue weighted by Crippen LogP contribution is -2.36. The molecule has 0 saturated carbocycles. The van der Waals surface area contributed by atoms with E-state index in [2.05, 4.69) is 46.2 Å². The van der Waals surface area contributed by atoms with Crippen molar-refractivity contribution < 1.29 is 9.47 Å². The van der Waals surface area contributed by atoms with Crippen molar-refractivity contribution in [1.29, 1.82) is 0 Å². The molecule has 1 aliphatic heterocycles.